The molecule has 0 amide bonds. The van der Waals surface area contributed by atoms with Gasteiger partial charge in [0, 0.05) is 17.6 Å². The van der Waals surface area contributed by atoms with Gasteiger partial charge in [0.1, 0.15) is 5.56 Å². The van der Waals surface area contributed by atoms with E-state index in [2.05, 4.69) is 10.3 Å². The fourth-order valence-corrected chi connectivity index (χ4v) is 2.22. The number of benzene rings is 1. The number of carbonyl (C=O) groups is 1. The predicted octanol–water partition coefficient (Wildman–Crippen LogP) is 2.90. The summed E-state index contributed by atoms with van der Waals surface area (Å²) in [4.78, 5) is 15.5. The highest BCUT2D eigenvalue weighted by Crippen LogP contribution is 2.30. The lowest BCUT2D eigenvalue weighted by Gasteiger charge is -2.28. The molecule has 4 heteroatoms. The standard InChI is InChI=1S/C14H14N2O2/c17-14(18)11-8-15-12-7-2-1-6-10(12)13(11)16-9-4-3-5-9/h1-2,6-9H,3-5H2,(H,15,16)(H,17,18). The van der Waals surface area contributed by atoms with Crippen LogP contribution in [0.3, 0.4) is 0 Å². The van der Waals surface area contributed by atoms with E-state index in [1.54, 1.807) is 0 Å². The maximum atomic E-state index is 11.3. The molecular weight excluding hydrogens is 228 g/mol. The van der Waals surface area contributed by atoms with Crippen LogP contribution in [0, 0.1) is 0 Å². The molecule has 0 atom stereocenters. The molecule has 1 heterocycles. The third kappa shape index (κ3) is 1.79. The van der Waals surface area contributed by atoms with Gasteiger partial charge in [0.25, 0.3) is 0 Å². The molecule has 0 spiro atoms. The molecule has 1 aromatic carbocycles. The molecular formula is C14H14N2O2. The Morgan fingerprint density at radius 2 is 2.11 bits per heavy atom. The fourth-order valence-electron chi connectivity index (χ4n) is 2.22. The summed E-state index contributed by atoms with van der Waals surface area (Å²) in [6.07, 6.45) is 4.86. The molecule has 0 saturated heterocycles. The fraction of sp³-hybridized carbons (Fsp3) is 0.286. The second kappa shape index (κ2) is 4.29. The van der Waals surface area contributed by atoms with Crippen LogP contribution >= 0.6 is 0 Å². The van der Waals surface area contributed by atoms with E-state index in [9.17, 15) is 9.90 Å². The first-order chi connectivity index (χ1) is 8.75. The Morgan fingerprint density at radius 1 is 1.33 bits per heavy atom. The average molecular weight is 242 g/mol. The number of aromatic carboxylic acids is 1. The number of carboxylic acid groups (broad SMARTS) is 1. The van der Waals surface area contributed by atoms with Gasteiger partial charge in [0.05, 0.1) is 11.2 Å². The van der Waals surface area contributed by atoms with Crippen LogP contribution in [0.15, 0.2) is 30.5 Å². The number of aromatic nitrogens is 1. The SMILES string of the molecule is O=C(O)c1cnc2ccccc2c1NC1CCC1. The number of nitrogens with zero attached hydrogens (tertiary/aromatic N) is 1. The maximum absolute atomic E-state index is 11.3. The molecule has 0 unspecified atom stereocenters. The van der Waals surface area contributed by atoms with Crippen molar-refractivity contribution in [2.24, 2.45) is 0 Å². The Balaban J connectivity index is 2.14. The summed E-state index contributed by atoms with van der Waals surface area (Å²) >= 11 is 0. The van der Waals surface area contributed by atoms with Gasteiger partial charge in [-0.2, -0.15) is 0 Å². The lowest BCUT2D eigenvalue weighted by Crippen LogP contribution is -2.28. The second-order valence-corrected chi connectivity index (χ2v) is 4.64. The number of hydrogen-bond donors (Lipinski definition) is 2. The molecule has 1 aromatic heterocycles. The van der Waals surface area contributed by atoms with Crippen LogP contribution in [0.1, 0.15) is 29.6 Å². The summed E-state index contributed by atoms with van der Waals surface area (Å²) in [7, 11) is 0. The summed E-state index contributed by atoms with van der Waals surface area (Å²) in [5, 5.41) is 13.5. The summed E-state index contributed by atoms with van der Waals surface area (Å²) < 4.78 is 0. The smallest absolute Gasteiger partial charge is 0.339 e. The van der Waals surface area contributed by atoms with Gasteiger partial charge >= 0.3 is 5.97 Å². The van der Waals surface area contributed by atoms with Gasteiger partial charge in [-0.1, -0.05) is 18.2 Å². The van der Waals surface area contributed by atoms with Crippen molar-refractivity contribution in [1.82, 2.24) is 4.98 Å². The van der Waals surface area contributed by atoms with E-state index in [-0.39, 0.29) is 5.56 Å². The molecule has 1 aliphatic carbocycles. The third-order valence-electron chi connectivity index (χ3n) is 3.46. The van der Waals surface area contributed by atoms with Gasteiger partial charge in [-0.05, 0) is 25.3 Å². The first-order valence-electron chi connectivity index (χ1n) is 6.13. The number of anilines is 1. The highest BCUT2D eigenvalue weighted by atomic mass is 16.4. The van der Waals surface area contributed by atoms with Crippen molar-refractivity contribution in [1.29, 1.82) is 0 Å². The Hall–Kier alpha value is -2.10. The van der Waals surface area contributed by atoms with Crippen molar-refractivity contribution in [2.45, 2.75) is 25.3 Å². The Labute approximate surface area is 105 Å². The molecule has 18 heavy (non-hydrogen) atoms. The number of hydrogen-bond acceptors (Lipinski definition) is 3. The zero-order valence-corrected chi connectivity index (χ0v) is 9.89. The summed E-state index contributed by atoms with van der Waals surface area (Å²) in [6.45, 7) is 0. The van der Waals surface area contributed by atoms with E-state index in [4.69, 9.17) is 0 Å². The van der Waals surface area contributed by atoms with Crippen molar-refractivity contribution in [2.75, 3.05) is 5.32 Å². The van der Waals surface area contributed by atoms with Gasteiger partial charge < -0.3 is 10.4 Å². The van der Waals surface area contributed by atoms with Crippen molar-refractivity contribution in [3.63, 3.8) is 0 Å². The van der Waals surface area contributed by atoms with Crippen molar-refractivity contribution in [3.8, 4) is 0 Å². The van der Waals surface area contributed by atoms with Crippen molar-refractivity contribution >= 4 is 22.6 Å². The first-order valence-corrected chi connectivity index (χ1v) is 6.13. The number of para-hydroxylation sites is 1. The summed E-state index contributed by atoms with van der Waals surface area (Å²) in [6, 6.07) is 8.02. The van der Waals surface area contributed by atoms with Crippen LogP contribution in [0.2, 0.25) is 0 Å². The minimum atomic E-state index is -0.935. The molecule has 2 N–H and O–H groups in total. The number of pyridine rings is 1. The van der Waals surface area contributed by atoms with Gasteiger partial charge in [0.2, 0.25) is 0 Å². The number of carboxylic acids is 1. The zero-order valence-electron chi connectivity index (χ0n) is 9.89. The van der Waals surface area contributed by atoms with E-state index < -0.39 is 5.97 Å². The number of nitrogens with one attached hydrogen (secondary N) is 1. The molecule has 2 aromatic rings. The van der Waals surface area contributed by atoms with E-state index in [1.807, 2.05) is 24.3 Å². The summed E-state index contributed by atoms with van der Waals surface area (Å²) in [5.41, 5.74) is 1.78. The predicted molar refractivity (Wildman–Crippen MR) is 70.0 cm³/mol. The van der Waals surface area contributed by atoms with E-state index in [0.29, 0.717) is 11.7 Å². The van der Waals surface area contributed by atoms with Gasteiger partial charge in [-0.25, -0.2) is 4.79 Å². The molecule has 0 radical (unpaired) electrons. The van der Waals surface area contributed by atoms with Crippen molar-refractivity contribution < 1.29 is 9.90 Å². The molecule has 0 aliphatic heterocycles. The van der Waals surface area contributed by atoms with Gasteiger partial charge in [-0.3, -0.25) is 4.98 Å². The van der Waals surface area contributed by atoms with Gasteiger partial charge in [-0.15, -0.1) is 0 Å². The Morgan fingerprint density at radius 3 is 2.78 bits per heavy atom. The minimum Gasteiger partial charge on any atom is -0.478 e. The normalized spacial score (nSPS) is 15.3. The topological polar surface area (TPSA) is 62.2 Å². The third-order valence-corrected chi connectivity index (χ3v) is 3.46. The molecule has 1 fully saturated rings. The highest BCUT2D eigenvalue weighted by Gasteiger charge is 2.21. The van der Waals surface area contributed by atoms with E-state index >= 15 is 0 Å². The minimum absolute atomic E-state index is 0.251. The molecule has 1 aliphatic rings. The zero-order chi connectivity index (χ0) is 12.5. The lowest BCUT2D eigenvalue weighted by molar-refractivity contribution is 0.0697. The Kier molecular flexibility index (Phi) is 2.63. The molecule has 0 bridgehead atoms. The summed E-state index contributed by atoms with van der Waals surface area (Å²) in [5.74, 6) is -0.935. The first kappa shape index (κ1) is 11.0. The lowest BCUT2D eigenvalue weighted by atomic mass is 9.92. The van der Waals surface area contributed by atoms with E-state index in [0.717, 1.165) is 23.7 Å². The van der Waals surface area contributed by atoms with Crippen LogP contribution in [0.25, 0.3) is 10.9 Å². The molecule has 4 nitrogen and oxygen atoms in total. The Bertz CT molecular complexity index is 606. The molecule has 92 valence electrons. The second-order valence-electron chi connectivity index (χ2n) is 4.64. The average Bonchev–Trinajstić information content (AvgIpc) is 2.33. The van der Waals surface area contributed by atoms with Crippen LogP contribution in [0.5, 0.6) is 0 Å². The molecule has 3 rings (SSSR count). The number of fused-ring (bicyclic) bond motifs is 1. The quantitative estimate of drug-likeness (QED) is 0.868. The number of rotatable bonds is 3. The van der Waals surface area contributed by atoms with Gasteiger partial charge in [0.15, 0.2) is 0 Å². The maximum Gasteiger partial charge on any atom is 0.339 e. The van der Waals surface area contributed by atoms with Crippen LogP contribution in [0.4, 0.5) is 5.69 Å². The highest BCUT2D eigenvalue weighted by molar-refractivity contribution is 6.04. The van der Waals surface area contributed by atoms with Crippen LogP contribution < -0.4 is 5.32 Å². The van der Waals surface area contributed by atoms with E-state index in [1.165, 1.54) is 12.6 Å². The molecule has 1 saturated carbocycles. The largest absolute Gasteiger partial charge is 0.478 e. The monoisotopic (exact) mass is 242 g/mol. The van der Waals surface area contributed by atoms with Crippen molar-refractivity contribution in [3.05, 3.63) is 36.0 Å². The van der Waals surface area contributed by atoms with Crippen LogP contribution in [-0.4, -0.2) is 22.1 Å². The van der Waals surface area contributed by atoms with Crippen LogP contribution in [-0.2, 0) is 0 Å².